The van der Waals surface area contributed by atoms with Crippen molar-refractivity contribution in [3.63, 3.8) is 0 Å². The molecule has 1 N–H and O–H groups in total. The van der Waals surface area contributed by atoms with E-state index in [0.29, 0.717) is 16.6 Å². The third kappa shape index (κ3) is 4.24. The number of para-hydroxylation sites is 1. The van der Waals surface area contributed by atoms with Crippen LogP contribution in [0.25, 0.3) is 0 Å². The summed E-state index contributed by atoms with van der Waals surface area (Å²) < 4.78 is 19.2. The second-order valence-electron chi connectivity index (χ2n) is 6.34. The van der Waals surface area contributed by atoms with Crippen molar-refractivity contribution < 1.29 is 13.9 Å². The molecule has 0 bridgehead atoms. The highest BCUT2D eigenvalue weighted by atomic mass is 79.9. The number of benzene rings is 2. The summed E-state index contributed by atoms with van der Waals surface area (Å²) in [6.45, 7) is 2.46. The smallest absolute Gasteiger partial charge is 0.252 e. The summed E-state index contributed by atoms with van der Waals surface area (Å²) in [5.41, 5.74) is 1.49. The number of nitrogens with zero attached hydrogens (tertiary/aromatic N) is 1. The number of carbonyl (C=O) groups is 1. The van der Waals surface area contributed by atoms with E-state index >= 15 is 0 Å². The van der Waals surface area contributed by atoms with Gasteiger partial charge in [0, 0.05) is 16.6 Å². The summed E-state index contributed by atoms with van der Waals surface area (Å²) in [5, 5.41) is 3.00. The molecule has 2 aromatic carbocycles. The summed E-state index contributed by atoms with van der Waals surface area (Å²) >= 11 is 3.26. The number of ether oxygens (including phenoxy) is 1. The molecule has 1 saturated heterocycles. The normalized spacial score (nSPS) is 15.7. The van der Waals surface area contributed by atoms with Crippen molar-refractivity contribution in [2.75, 3.05) is 26.7 Å². The molecule has 4 nitrogen and oxygen atoms in total. The van der Waals surface area contributed by atoms with Gasteiger partial charge in [0.2, 0.25) is 0 Å². The minimum atomic E-state index is -0.377. The quantitative estimate of drug-likeness (QED) is 0.762. The van der Waals surface area contributed by atoms with Gasteiger partial charge in [0.05, 0.1) is 18.7 Å². The summed E-state index contributed by atoms with van der Waals surface area (Å²) in [4.78, 5) is 14.9. The lowest BCUT2D eigenvalue weighted by Crippen LogP contribution is -2.37. The minimum absolute atomic E-state index is 0.0387. The number of rotatable bonds is 6. The van der Waals surface area contributed by atoms with Crippen LogP contribution >= 0.6 is 15.9 Å². The molecule has 1 heterocycles. The van der Waals surface area contributed by atoms with Gasteiger partial charge >= 0.3 is 0 Å². The maximum atomic E-state index is 13.3. The Labute approximate surface area is 161 Å². The maximum absolute atomic E-state index is 13.3. The fourth-order valence-corrected chi connectivity index (χ4v) is 3.92. The number of halogens is 2. The van der Waals surface area contributed by atoms with Crippen LogP contribution in [0.1, 0.15) is 34.8 Å². The number of hydrogen-bond acceptors (Lipinski definition) is 3. The average molecular weight is 421 g/mol. The predicted molar refractivity (Wildman–Crippen MR) is 103 cm³/mol. The average Bonchev–Trinajstić information content (AvgIpc) is 3.16. The van der Waals surface area contributed by atoms with Crippen molar-refractivity contribution in [3.8, 4) is 5.75 Å². The first-order chi connectivity index (χ1) is 12.6. The summed E-state index contributed by atoms with van der Waals surface area (Å²) in [5.74, 6) is 0.218. The molecule has 26 heavy (non-hydrogen) atoms. The Morgan fingerprint density at radius 2 is 2.00 bits per heavy atom. The van der Waals surface area contributed by atoms with Gasteiger partial charge in [0.1, 0.15) is 11.6 Å². The Morgan fingerprint density at radius 3 is 2.69 bits per heavy atom. The Morgan fingerprint density at radius 1 is 1.27 bits per heavy atom. The highest BCUT2D eigenvalue weighted by Gasteiger charge is 2.26. The van der Waals surface area contributed by atoms with Gasteiger partial charge in [-0.05, 0) is 66.1 Å². The van der Waals surface area contributed by atoms with E-state index in [0.717, 1.165) is 37.2 Å². The molecular formula is C20H22BrFN2O2. The minimum Gasteiger partial charge on any atom is -0.496 e. The van der Waals surface area contributed by atoms with Crippen molar-refractivity contribution in [1.82, 2.24) is 10.2 Å². The van der Waals surface area contributed by atoms with Crippen LogP contribution in [0.15, 0.2) is 46.9 Å². The number of methoxy groups -OCH3 is 1. The first-order valence-corrected chi connectivity index (χ1v) is 9.49. The van der Waals surface area contributed by atoms with Gasteiger partial charge in [0.15, 0.2) is 0 Å². The number of carbonyl (C=O) groups excluding carboxylic acids is 1. The van der Waals surface area contributed by atoms with E-state index in [4.69, 9.17) is 4.74 Å². The number of hydrogen-bond donors (Lipinski definition) is 1. The highest BCUT2D eigenvalue weighted by molar-refractivity contribution is 9.10. The molecule has 6 heteroatoms. The summed E-state index contributed by atoms with van der Waals surface area (Å²) in [6.07, 6.45) is 2.31. The van der Waals surface area contributed by atoms with Gasteiger partial charge in [-0.15, -0.1) is 0 Å². The van der Waals surface area contributed by atoms with E-state index in [9.17, 15) is 9.18 Å². The van der Waals surface area contributed by atoms with E-state index in [1.807, 2.05) is 24.3 Å². The molecule has 0 radical (unpaired) electrons. The van der Waals surface area contributed by atoms with Gasteiger partial charge < -0.3 is 10.1 Å². The summed E-state index contributed by atoms with van der Waals surface area (Å²) in [7, 11) is 1.66. The molecule has 1 fully saturated rings. The molecule has 3 rings (SSSR count). The van der Waals surface area contributed by atoms with Crippen molar-refractivity contribution >= 4 is 21.8 Å². The molecule has 1 atom stereocenters. The fourth-order valence-electron chi connectivity index (χ4n) is 3.39. The molecule has 0 aliphatic carbocycles. The second-order valence-corrected chi connectivity index (χ2v) is 7.19. The maximum Gasteiger partial charge on any atom is 0.252 e. The van der Waals surface area contributed by atoms with Gasteiger partial charge in [-0.25, -0.2) is 4.39 Å². The first kappa shape index (κ1) is 18.9. The number of likely N-dealkylation sites (tertiary alicyclic amines) is 1. The van der Waals surface area contributed by atoms with Crippen LogP contribution in [0.5, 0.6) is 5.75 Å². The molecule has 0 unspecified atom stereocenters. The van der Waals surface area contributed by atoms with Crippen LogP contribution in [0.2, 0.25) is 0 Å². The lowest BCUT2D eigenvalue weighted by atomic mass is 10.0. The van der Waals surface area contributed by atoms with E-state index in [1.54, 1.807) is 7.11 Å². The lowest BCUT2D eigenvalue weighted by Gasteiger charge is -2.29. The van der Waals surface area contributed by atoms with Gasteiger partial charge in [0.25, 0.3) is 5.91 Å². The van der Waals surface area contributed by atoms with Crippen molar-refractivity contribution in [2.24, 2.45) is 0 Å². The zero-order valence-electron chi connectivity index (χ0n) is 14.7. The Kier molecular flexibility index (Phi) is 6.27. The Balaban J connectivity index is 1.79. The third-order valence-electron chi connectivity index (χ3n) is 4.71. The highest BCUT2D eigenvalue weighted by Crippen LogP contribution is 2.31. The van der Waals surface area contributed by atoms with E-state index < -0.39 is 0 Å². The molecule has 1 amide bonds. The molecule has 1 aliphatic rings. The van der Waals surface area contributed by atoms with Crippen LogP contribution in [0.3, 0.4) is 0 Å². The molecule has 2 aromatic rings. The molecular weight excluding hydrogens is 399 g/mol. The summed E-state index contributed by atoms with van der Waals surface area (Å²) in [6, 6.07) is 12.0. The standard InChI is InChI=1S/C20H22BrFN2O2/c1-26-19-7-3-2-6-16(19)18(24-10-4-5-11-24)13-23-20(25)15-9-8-14(22)12-17(15)21/h2-3,6-9,12,18H,4-5,10-11,13H2,1H3,(H,23,25)/t18-/m0/s1. The predicted octanol–water partition coefficient (Wildman–Crippen LogP) is 4.16. The topological polar surface area (TPSA) is 41.6 Å². The van der Waals surface area contributed by atoms with E-state index in [-0.39, 0.29) is 17.8 Å². The second kappa shape index (κ2) is 8.64. The number of amides is 1. The fraction of sp³-hybridized carbons (Fsp3) is 0.350. The SMILES string of the molecule is COc1ccccc1[C@H](CNC(=O)c1ccc(F)cc1Br)N1CCCC1. The van der Waals surface area contributed by atoms with Gasteiger partial charge in [-0.2, -0.15) is 0 Å². The van der Waals surface area contributed by atoms with E-state index in [1.165, 1.54) is 18.2 Å². The van der Waals surface area contributed by atoms with E-state index in [2.05, 4.69) is 26.1 Å². The zero-order chi connectivity index (χ0) is 18.5. The Hall–Kier alpha value is -1.92. The van der Waals surface area contributed by atoms with Crippen LogP contribution in [-0.2, 0) is 0 Å². The van der Waals surface area contributed by atoms with Gasteiger partial charge in [-0.3, -0.25) is 9.69 Å². The van der Waals surface area contributed by atoms with Crippen LogP contribution < -0.4 is 10.1 Å². The largest absolute Gasteiger partial charge is 0.496 e. The number of nitrogens with one attached hydrogen (secondary N) is 1. The lowest BCUT2D eigenvalue weighted by molar-refractivity contribution is 0.0936. The van der Waals surface area contributed by atoms with Crippen LogP contribution in [0.4, 0.5) is 4.39 Å². The van der Waals surface area contributed by atoms with Crippen LogP contribution in [0, 0.1) is 5.82 Å². The van der Waals surface area contributed by atoms with Crippen molar-refractivity contribution in [1.29, 1.82) is 0 Å². The van der Waals surface area contributed by atoms with Gasteiger partial charge in [-0.1, -0.05) is 18.2 Å². The molecule has 138 valence electrons. The third-order valence-corrected chi connectivity index (χ3v) is 5.37. The monoisotopic (exact) mass is 420 g/mol. The van der Waals surface area contributed by atoms with Crippen molar-refractivity contribution in [3.05, 3.63) is 63.9 Å². The molecule has 0 saturated carbocycles. The first-order valence-electron chi connectivity index (χ1n) is 8.70. The molecule has 0 spiro atoms. The van der Waals surface area contributed by atoms with Crippen molar-refractivity contribution in [2.45, 2.75) is 18.9 Å². The Bertz CT molecular complexity index is 778. The molecule has 0 aromatic heterocycles. The molecule has 1 aliphatic heterocycles. The van der Waals surface area contributed by atoms with Crippen LogP contribution in [-0.4, -0.2) is 37.6 Å². The zero-order valence-corrected chi connectivity index (χ0v) is 16.3.